The second-order valence-electron chi connectivity index (χ2n) is 11.0. The van der Waals surface area contributed by atoms with Gasteiger partial charge in [0.2, 0.25) is 5.91 Å². The number of halogens is 2. The largest absolute Gasteiger partial charge is 0.300 e. The highest BCUT2D eigenvalue weighted by atomic mass is 79.9. The van der Waals surface area contributed by atoms with Gasteiger partial charge >= 0.3 is 0 Å². The predicted octanol–water partition coefficient (Wildman–Crippen LogP) is 8.72. The maximum Gasteiger partial charge on any atom is 0.269 e. The predicted molar refractivity (Wildman–Crippen MR) is 192 cm³/mol. The van der Waals surface area contributed by atoms with Gasteiger partial charge in [0, 0.05) is 39.4 Å². The Labute approximate surface area is 295 Å². The van der Waals surface area contributed by atoms with E-state index in [9.17, 15) is 28.1 Å². The van der Waals surface area contributed by atoms with Crippen molar-refractivity contribution in [2.75, 3.05) is 11.9 Å². The van der Waals surface area contributed by atoms with Crippen molar-refractivity contribution in [3.8, 4) is 11.1 Å². The minimum Gasteiger partial charge on any atom is -0.300 e. The van der Waals surface area contributed by atoms with Gasteiger partial charge in [0.1, 0.15) is 0 Å². The lowest BCUT2D eigenvalue weighted by Crippen LogP contribution is -2.40. The van der Waals surface area contributed by atoms with Crippen LogP contribution in [0.25, 0.3) is 11.1 Å². The van der Waals surface area contributed by atoms with Gasteiger partial charge in [-0.2, -0.15) is 0 Å². The van der Waals surface area contributed by atoms with Crippen molar-refractivity contribution < 1.29 is 22.9 Å². The van der Waals surface area contributed by atoms with Crippen molar-refractivity contribution in [2.24, 2.45) is 0 Å². The van der Waals surface area contributed by atoms with E-state index in [1.165, 1.54) is 48.3 Å². The van der Waals surface area contributed by atoms with E-state index in [0.717, 1.165) is 16.7 Å². The molecule has 0 saturated heterocycles. The number of hydrogen-bond acceptors (Lipinski definition) is 6. The van der Waals surface area contributed by atoms with Crippen molar-refractivity contribution in [1.82, 2.24) is 4.31 Å². The normalized spacial score (nSPS) is 11.8. The van der Waals surface area contributed by atoms with Crippen LogP contribution < -0.4 is 4.90 Å². The SMILES string of the molecule is Cc1ccc(S(=O)(=O)N(C)C(=O)C[C@H](c2ccc([N+](=O)[O-])cc2)N(C(=O)c2ccc(-c3ccccc3)cc2)c2cc(Br)cc(Br)c2)cc1. The highest BCUT2D eigenvalue weighted by Crippen LogP contribution is 2.37. The van der Waals surface area contributed by atoms with Gasteiger partial charge in [-0.1, -0.05) is 104 Å². The summed E-state index contributed by atoms with van der Waals surface area (Å²) < 4.78 is 28.9. The molecule has 9 nitrogen and oxygen atoms in total. The molecule has 0 spiro atoms. The molecule has 0 saturated carbocycles. The van der Waals surface area contributed by atoms with E-state index in [2.05, 4.69) is 31.9 Å². The summed E-state index contributed by atoms with van der Waals surface area (Å²) >= 11 is 6.97. The van der Waals surface area contributed by atoms with Gasteiger partial charge in [-0.3, -0.25) is 19.7 Å². The first-order valence-corrected chi connectivity index (χ1v) is 17.7. The topological polar surface area (TPSA) is 118 Å². The number of carbonyl (C=O) groups excluding carboxylic acids is 2. The Morgan fingerprint density at radius 1 is 0.792 bits per heavy atom. The molecular formula is C36H29Br2N3O6S. The number of nitrogens with zero attached hydrogens (tertiary/aromatic N) is 3. The number of aryl methyl sites for hydroxylation is 1. The van der Waals surface area contributed by atoms with Gasteiger partial charge in [0.05, 0.1) is 22.3 Å². The fourth-order valence-electron chi connectivity index (χ4n) is 5.16. The average molecular weight is 792 g/mol. The number of carbonyl (C=O) groups is 2. The van der Waals surface area contributed by atoms with Crippen LogP contribution in [-0.2, 0) is 14.8 Å². The van der Waals surface area contributed by atoms with E-state index in [4.69, 9.17) is 0 Å². The van der Waals surface area contributed by atoms with Gasteiger partial charge < -0.3 is 4.90 Å². The van der Waals surface area contributed by atoms with Crippen LogP contribution in [0.4, 0.5) is 11.4 Å². The molecule has 0 aliphatic heterocycles. The number of anilines is 1. The van der Waals surface area contributed by atoms with Gasteiger partial charge in [-0.05, 0) is 66.1 Å². The number of nitro benzene ring substituents is 1. The van der Waals surface area contributed by atoms with Crippen molar-refractivity contribution in [1.29, 1.82) is 0 Å². The molecule has 1 atom stereocenters. The summed E-state index contributed by atoms with van der Waals surface area (Å²) in [5.74, 6) is -1.26. The standard InChI is InChI=1S/C36H29Br2N3O6S/c1-24-8-18-33(19-9-24)48(46,47)39(2)35(42)23-34(27-14-16-31(17-15-27)41(44)45)40(32-21-29(37)20-30(38)22-32)36(43)28-12-10-26(11-13-28)25-6-4-3-5-7-25/h3-22,34H,23H2,1-2H3/t34-/m1/s1. The third-order valence-corrected chi connectivity index (χ3v) is 10.5. The molecule has 0 N–H and O–H groups in total. The molecular weight excluding hydrogens is 762 g/mol. The molecule has 5 aromatic rings. The number of amides is 2. The Balaban J connectivity index is 1.61. The molecule has 12 heteroatoms. The van der Waals surface area contributed by atoms with Gasteiger partial charge in [0.25, 0.3) is 21.6 Å². The Kier molecular flexibility index (Phi) is 10.6. The summed E-state index contributed by atoms with van der Waals surface area (Å²) in [6, 6.07) is 32.5. The monoisotopic (exact) mass is 789 g/mol. The highest BCUT2D eigenvalue weighted by molar-refractivity contribution is 9.11. The Morgan fingerprint density at radius 3 is 1.92 bits per heavy atom. The van der Waals surface area contributed by atoms with Crippen molar-refractivity contribution in [2.45, 2.75) is 24.3 Å². The van der Waals surface area contributed by atoms with Gasteiger partial charge in [-0.25, -0.2) is 12.7 Å². The highest BCUT2D eigenvalue weighted by Gasteiger charge is 2.34. The van der Waals surface area contributed by atoms with E-state index < -0.39 is 39.2 Å². The maximum atomic E-state index is 14.6. The number of non-ortho nitro benzene ring substituents is 1. The lowest BCUT2D eigenvalue weighted by Gasteiger charge is -2.33. The maximum absolute atomic E-state index is 14.6. The zero-order chi connectivity index (χ0) is 34.6. The van der Waals surface area contributed by atoms with Crippen LogP contribution in [0.2, 0.25) is 0 Å². The quantitative estimate of drug-likeness (QED) is 0.103. The molecule has 5 rings (SSSR count). The molecule has 0 unspecified atom stereocenters. The zero-order valence-corrected chi connectivity index (χ0v) is 29.8. The van der Waals surface area contributed by atoms with E-state index in [0.29, 0.717) is 30.1 Å². The van der Waals surface area contributed by atoms with Gasteiger partial charge in [0.15, 0.2) is 0 Å². The van der Waals surface area contributed by atoms with E-state index in [1.807, 2.05) is 49.4 Å². The van der Waals surface area contributed by atoms with Crippen LogP contribution in [0.15, 0.2) is 135 Å². The summed E-state index contributed by atoms with van der Waals surface area (Å²) in [5.41, 5.74) is 3.64. The molecule has 2 amide bonds. The van der Waals surface area contributed by atoms with Crippen LogP contribution in [0, 0.1) is 17.0 Å². The molecule has 0 bridgehead atoms. The molecule has 0 radical (unpaired) electrons. The lowest BCUT2D eigenvalue weighted by molar-refractivity contribution is -0.384. The summed E-state index contributed by atoms with van der Waals surface area (Å²) in [4.78, 5) is 40.7. The van der Waals surface area contributed by atoms with Crippen molar-refractivity contribution in [3.05, 3.63) is 157 Å². The Bertz CT molecular complexity index is 2050. The summed E-state index contributed by atoms with van der Waals surface area (Å²) in [7, 11) is -3.06. The second-order valence-corrected chi connectivity index (χ2v) is 14.8. The molecule has 5 aromatic carbocycles. The van der Waals surface area contributed by atoms with Crippen molar-refractivity contribution in [3.63, 3.8) is 0 Å². The van der Waals surface area contributed by atoms with E-state index in [-0.39, 0.29) is 10.6 Å². The zero-order valence-electron chi connectivity index (χ0n) is 25.8. The third kappa shape index (κ3) is 7.73. The molecule has 244 valence electrons. The number of rotatable bonds is 10. The number of sulfonamides is 1. The summed E-state index contributed by atoms with van der Waals surface area (Å²) in [6.07, 6.45) is -0.461. The van der Waals surface area contributed by atoms with Crippen LogP contribution in [0.5, 0.6) is 0 Å². The van der Waals surface area contributed by atoms with Crippen LogP contribution in [-0.4, -0.2) is 36.5 Å². The molecule has 0 aliphatic carbocycles. The molecule has 0 aliphatic rings. The van der Waals surface area contributed by atoms with Gasteiger partial charge in [-0.15, -0.1) is 0 Å². The fraction of sp³-hybridized carbons (Fsp3) is 0.111. The second kappa shape index (κ2) is 14.6. The van der Waals surface area contributed by atoms with Crippen LogP contribution in [0.1, 0.15) is 33.9 Å². The van der Waals surface area contributed by atoms with Crippen molar-refractivity contribution >= 4 is 65.1 Å². The minimum atomic E-state index is -4.23. The first-order chi connectivity index (χ1) is 22.8. The molecule has 0 heterocycles. The number of hydrogen-bond donors (Lipinski definition) is 0. The number of benzene rings is 5. The minimum absolute atomic E-state index is 0.0572. The number of nitro groups is 1. The molecule has 0 fully saturated rings. The fourth-order valence-corrected chi connectivity index (χ4v) is 7.57. The summed E-state index contributed by atoms with van der Waals surface area (Å²) in [5, 5.41) is 11.5. The molecule has 0 aromatic heterocycles. The first-order valence-electron chi connectivity index (χ1n) is 14.6. The van der Waals surface area contributed by atoms with E-state index >= 15 is 0 Å². The smallest absolute Gasteiger partial charge is 0.269 e. The third-order valence-electron chi connectivity index (χ3n) is 7.78. The Hall–Kier alpha value is -4.65. The average Bonchev–Trinajstić information content (AvgIpc) is 3.07. The lowest BCUT2D eigenvalue weighted by atomic mass is 9.98. The Morgan fingerprint density at radius 2 is 1.35 bits per heavy atom. The molecule has 48 heavy (non-hydrogen) atoms. The first kappa shape index (κ1) is 34.7. The van der Waals surface area contributed by atoms with E-state index in [1.54, 1.807) is 42.5 Å². The van der Waals surface area contributed by atoms with Crippen LogP contribution >= 0.6 is 31.9 Å². The summed E-state index contributed by atoms with van der Waals surface area (Å²) in [6.45, 7) is 1.82. The van der Waals surface area contributed by atoms with Crippen LogP contribution in [0.3, 0.4) is 0 Å².